The summed E-state index contributed by atoms with van der Waals surface area (Å²) in [4.78, 5) is 25.1. The SMILES string of the molecule is Cc1ccc(C(=O)c2ccc3c(c2)oc(=O)n3Cc2cc(-c3ccco3)on2)cc1. The fourth-order valence-electron chi connectivity index (χ4n) is 3.31. The zero-order valence-corrected chi connectivity index (χ0v) is 16.0. The number of ketones is 1. The van der Waals surface area contributed by atoms with Crippen molar-refractivity contribution in [3.63, 3.8) is 0 Å². The van der Waals surface area contributed by atoms with Crippen LogP contribution < -0.4 is 5.76 Å². The maximum atomic E-state index is 12.7. The molecule has 0 radical (unpaired) electrons. The van der Waals surface area contributed by atoms with Crippen LogP contribution in [0.4, 0.5) is 0 Å². The highest BCUT2D eigenvalue weighted by molar-refractivity contribution is 6.10. The van der Waals surface area contributed by atoms with Gasteiger partial charge in [-0.25, -0.2) is 4.79 Å². The highest BCUT2D eigenvalue weighted by Gasteiger charge is 2.16. The zero-order valence-electron chi connectivity index (χ0n) is 16.0. The van der Waals surface area contributed by atoms with Gasteiger partial charge in [0.25, 0.3) is 0 Å². The van der Waals surface area contributed by atoms with Crippen LogP contribution in [0.2, 0.25) is 0 Å². The van der Waals surface area contributed by atoms with Crippen LogP contribution in [-0.2, 0) is 6.54 Å². The van der Waals surface area contributed by atoms with Gasteiger partial charge in [0.1, 0.15) is 5.69 Å². The number of furan rings is 1. The molecule has 0 spiro atoms. The van der Waals surface area contributed by atoms with Gasteiger partial charge in [-0.2, -0.15) is 0 Å². The average molecular weight is 400 g/mol. The van der Waals surface area contributed by atoms with Crippen LogP contribution in [0.3, 0.4) is 0 Å². The molecule has 3 heterocycles. The van der Waals surface area contributed by atoms with E-state index in [0.717, 1.165) is 5.56 Å². The summed E-state index contributed by atoms with van der Waals surface area (Å²) in [6.45, 7) is 2.13. The van der Waals surface area contributed by atoms with Crippen molar-refractivity contribution in [1.82, 2.24) is 9.72 Å². The second-order valence-electron chi connectivity index (χ2n) is 6.99. The van der Waals surface area contributed by atoms with E-state index in [0.29, 0.717) is 39.4 Å². The smallest absolute Gasteiger partial charge is 0.420 e. The van der Waals surface area contributed by atoms with Gasteiger partial charge < -0.3 is 13.4 Å². The number of carbonyl (C=O) groups excluding carboxylic acids is 1. The molecule has 5 rings (SSSR count). The number of rotatable bonds is 5. The van der Waals surface area contributed by atoms with Crippen molar-refractivity contribution >= 4 is 16.9 Å². The Morgan fingerprint density at radius 1 is 1.00 bits per heavy atom. The number of oxazole rings is 1. The molecule has 0 atom stereocenters. The van der Waals surface area contributed by atoms with E-state index in [2.05, 4.69) is 5.16 Å². The van der Waals surface area contributed by atoms with Crippen molar-refractivity contribution in [3.8, 4) is 11.5 Å². The van der Waals surface area contributed by atoms with E-state index in [4.69, 9.17) is 13.4 Å². The molecule has 0 saturated heterocycles. The summed E-state index contributed by atoms with van der Waals surface area (Å²) in [6.07, 6.45) is 1.54. The Morgan fingerprint density at radius 2 is 1.80 bits per heavy atom. The summed E-state index contributed by atoms with van der Waals surface area (Å²) >= 11 is 0. The summed E-state index contributed by atoms with van der Waals surface area (Å²) in [6, 6.07) is 17.5. The topological polar surface area (TPSA) is 91.4 Å². The highest BCUT2D eigenvalue weighted by Crippen LogP contribution is 2.22. The first kappa shape index (κ1) is 17.9. The molecule has 0 saturated carbocycles. The molecular weight excluding hydrogens is 384 g/mol. The number of aromatic nitrogens is 2. The monoisotopic (exact) mass is 400 g/mol. The van der Waals surface area contributed by atoms with E-state index < -0.39 is 5.76 Å². The minimum Gasteiger partial charge on any atom is -0.461 e. The van der Waals surface area contributed by atoms with Crippen LogP contribution in [0.25, 0.3) is 22.6 Å². The Bertz CT molecular complexity index is 1400. The number of nitrogens with zero attached hydrogens (tertiary/aromatic N) is 2. The lowest BCUT2D eigenvalue weighted by Gasteiger charge is -2.03. The summed E-state index contributed by atoms with van der Waals surface area (Å²) in [5.41, 5.74) is 3.57. The standard InChI is InChI=1S/C23H16N2O5/c1-14-4-6-15(7-5-14)22(26)16-8-9-18-20(11-16)29-23(27)25(18)13-17-12-21(30-24-17)19-3-2-10-28-19/h2-12H,13H2,1H3. The molecule has 2 aromatic carbocycles. The normalized spacial score (nSPS) is 11.2. The lowest BCUT2D eigenvalue weighted by Crippen LogP contribution is -2.15. The van der Waals surface area contributed by atoms with Gasteiger partial charge in [0.15, 0.2) is 17.1 Å². The number of aryl methyl sites for hydroxylation is 1. The maximum absolute atomic E-state index is 12.7. The van der Waals surface area contributed by atoms with Crippen LogP contribution in [-0.4, -0.2) is 15.5 Å². The summed E-state index contributed by atoms with van der Waals surface area (Å²) in [7, 11) is 0. The second-order valence-corrected chi connectivity index (χ2v) is 6.99. The second kappa shape index (κ2) is 7.04. The largest absolute Gasteiger partial charge is 0.461 e. The first-order chi connectivity index (χ1) is 14.6. The van der Waals surface area contributed by atoms with Crippen LogP contribution in [0, 0.1) is 6.92 Å². The van der Waals surface area contributed by atoms with Gasteiger partial charge >= 0.3 is 5.76 Å². The predicted octanol–water partition coefficient (Wildman–Crippen LogP) is 4.43. The number of fused-ring (bicyclic) bond motifs is 1. The van der Waals surface area contributed by atoms with Crippen LogP contribution in [0.15, 0.2) is 85.1 Å². The molecule has 30 heavy (non-hydrogen) atoms. The Balaban J connectivity index is 1.46. The third-order valence-electron chi connectivity index (χ3n) is 4.89. The number of hydrogen-bond donors (Lipinski definition) is 0. The molecular formula is C23H16N2O5. The van der Waals surface area contributed by atoms with Crippen LogP contribution >= 0.6 is 0 Å². The molecule has 0 aliphatic rings. The van der Waals surface area contributed by atoms with E-state index in [1.165, 1.54) is 4.57 Å². The van der Waals surface area contributed by atoms with Crippen LogP contribution in [0.5, 0.6) is 0 Å². The molecule has 0 amide bonds. The Labute approximate surface area is 170 Å². The molecule has 0 aliphatic carbocycles. The third kappa shape index (κ3) is 3.16. The Hall–Kier alpha value is -4.13. The van der Waals surface area contributed by atoms with Crippen molar-refractivity contribution in [2.45, 2.75) is 13.5 Å². The molecule has 7 nitrogen and oxygen atoms in total. The van der Waals surface area contributed by atoms with Gasteiger partial charge in [0.2, 0.25) is 5.76 Å². The molecule has 3 aromatic heterocycles. The first-order valence-corrected chi connectivity index (χ1v) is 9.33. The lowest BCUT2D eigenvalue weighted by atomic mass is 10.0. The van der Waals surface area contributed by atoms with Gasteiger partial charge in [-0.05, 0) is 37.3 Å². The molecule has 0 fully saturated rings. The van der Waals surface area contributed by atoms with Gasteiger partial charge in [0.05, 0.1) is 18.3 Å². The first-order valence-electron chi connectivity index (χ1n) is 9.33. The van der Waals surface area contributed by atoms with Crippen LogP contribution in [0.1, 0.15) is 27.2 Å². The van der Waals surface area contributed by atoms with Crippen molar-refractivity contribution in [2.75, 3.05) is 0 Å². The van der Waals surface area contributed by atoms with Gasteiger partial charge in [0, 0.05) is 17.2 Å². The number of hydrogen-bond acceptors (Lipinski definition) is 6. The predicted molar refractivity (Wildman–Crippen MR) is 108 cm³/mol. The average Bonchev–Trinajstić information content (AvgIpc) is 3.49. The summed E-state index contributed by atoms with van der Waals surface area (Å²) in [5.74, 6) is 0.360. The fourth-order valence-corrected chi connectivity index (χ4v) is 3.31. The van der Waals surface area contributed by atoms with E-state index in [1.54, 1.807) is 54.8 Å². The van der Waals surface area contributed by atoms with Gasteiger partial charge in [-0.1, -0.05) is 35.0 Å². The van der Waals surface area contributed by atoms with Crippen molar-refractivity contribution in [2.24, 2.45) is 0 Å². The molecule has 0 unspecified atom stereocenters. The zero-order chi connectivity index (χ0) is 20.7. The molecule has 148 valence electrons. The molecule has 7 heteroatoms. The lowest BCUT2D eigenvalue weighted by molar-refractivity contribution is 0.103. The van der Waals surface area contributed by atoms with E-state index in [9.17, 15) is 9.59 Å². The minimum absolute atomic E-state index is 0.133. The van der Waals surface area contributed by atoms with Gasteiger partial charge in [-0.3, -0.25) is 9.36 Å². The number of carbonyl (C=O) groups is 1. The van der Waals surface area contributed by atoms with Gasteiger partial charge in [-0.15, -0.1) is 0 Å². The molecule has 0 N–H and O–H groups in total. The van der Waals surface area contributed by atoms with Crippen molar-refractivity contribution in [3.05, 3.63) is 99.9 Å². The molecule has 5 aromatic rings. The molecule has 0 aliphatic heterocycles. The fraction of sp³-hybridized carbons (Fsp3) is 0.0870. The number of benzene rings is 2. The Kier molecular flexibility index (Phi) is 4.21. The summed E-state index contributed by atoms with van der Waals surface area (Å²) < 4.78 is 17.4. The highest BCUT2D eigenvalue weighted by atomic mass is 16.5. The minimum atomic E-state index is -0.535. The van der Waals surface area contributed by atoms with Crippen molar-refractivity contribution in [1.29, 1.82) is 0 Å². The van der Waals surface area contributed by atoms with E-state index in [1.807, 2.05) is 19.1 Å². The third-order valence-corrected chi connectivity index (χ3v) is 4.89. The maximum Gasteiger partial charge on any atom is 0.420 e. The summed E-state index contributed by atoms with van der Waals surface area (Å²) in [5, 5.41) is 4.00. The quantitative estimate of drug-likeness (QED) is 0.405. The molecule has 0 bridgehead atoms. The van der Waals surface area contributed by atoms with Crippen molar-refractivity contribution < 1.29 is 18.2 Å². The van der Waals surface area contributed by atoms with E-state index >= 15 is 0 Å². The Morgan fingerprint density at radius 3 is 2.57 bits per heavy atom. The van der Waals surface area contributed by atoms with E-state index in [-0.39, 0.29) is 12.3 Å².